The van der Waals surface area contributed by atoms with E-state index in [9.17, 15) is 0 Å². The van der Waals surface area contributed by atoms with Gasteiger partial charge in [0, 0.05) is 22.1 Å². The molecule has 0 N–H and O–H groups in total. The van der Waals surface area contributed by atoms with Crippen molar-refractivity contribution in [2.45, 2.75) is 5.41 Å². The molecule has 2 aromatic heterocycles. The van der Waals surface area contributed by atoms with Gasteiger partial charge in [0.2, 0.25) is 0 Å². The average molecular weight is 720 g/mol. The number of furan rings is 1. The van der Waals surface area contributed by atoms with Crippen LogP contribution in [0.2, 0.25) is 0 Å². The molecule has 6 heteroatoms. The first-order valence-corrected chi connectivity index (χ1v) is 18.7. The van der Waals surface area contributed by atoms with Crippen molar-refractivity contribution in [3.8, 4) is 67.9 Å². The molecule has 3 aliphatic rings. The molecule has 1 aliphatic heterocycles. The molecule has 0 bridgehead atoms. The third-order valence-corrected chi connectivity index (χ3v) is 11.2. The highest BCUT2D eigenvalue weighted by Gasteiger charge is 2.60. The first kappa shape index (κ1) is 30.8. The van der Waals surface area contributed by atoms with Crippen LogP contribution >= 0.6 is 0 Å². The van der Waals surface area contributed by atoms with E-state index in [0.29, 0.717) is 34.7 Å². The average Bonchev–Trinajstić information content (AvgIpc) is 3.90. The first-order valence-electron chi connectivity index (χ1n) is 18.7. The molecule has 7 aromatic carbocycles. The first-order chi connectivity index (χ1) is 27.8. The van der Waals surface area contributed by atoms with Crippen molar-refractivity contribution in [1.82, 2.24) is 15.0 Å². The van der Waals surface area contributed by atoms with E-state index in [4.69, 9.17) is 28.8 Å². The quantitative estimate of drug-likeness (QED) is 0.180. The maximum Gasteiger partial charge on any atom is 0.179 e. The Kier molecular flexibility index (Phi) is 6.45. The molecule has 9 aromatic rings. The van der Waals surface area contributed by atoms with E-state index in [-0.39, 0.29) is 0 Å². The number of fused-ring (bicyclic) bond motifs is 12. The zero-order chi connectivity index (χ0) is 36.8. The summed E-state index contributed by atoms with van der Waals surface area (Å²) in [5.41, 5.74) is 10.3. The third-order valence-electron chi connectivity index (χ3n) is 11.2. The van der Waals surface area contributed by atoms with Gasteiger partial charge in [0.1, 0.15) is 16.8 Å². The third kappa shape index (κ3) is 4.29. The summed E-state index contributed by atoms with van der Waals surface area (Å²) < 4.78 is 20.7. The Morgan fingerprint density at radius 1 is 0.393 bits per heavy atom. The van der Waals surface area contributed by atoms with E-state index < -0.39 is 5.41 Å². The van der Waals surface area contributed by atoms with Gasteiger partial charge in [-0.15, -0.1) is 0 Å². The number of hydrogen-bond donors (Lipinski definition) is 0. The van der Waals surface area contributed by atoms with Crippen molar-refractivity contribution in [2.75, 3.05) is 0 Å². The Labute approximate surface area is 322 Å². The monoisotopic (exact) mass is 719 g/mol. The van der Waals surface area contributed by atoms with Crippen LogP contribution in [-0.2, 0) is 5.41 Å². The number of nitrogens with zero attached hydrogens (tertiary/aromatic N) is 3. The highest BCUT2D eigenvalue weighted by molar-refractivity contribution is 6.03. The number of aromatic nitrogens is 3. The fraction of sp³-hybridized carbons (Fsp3) is 0.0200. The molecule has 1 spiro atoms. The lowest BCUT2D eigenvalue weighted by Crippen LogP contribution is -2.31. The Bertz CT molecular complexity index is 3020. The normalized spacial score (nSPS) is 15.8. The van der Waals surface area contributed by atoms with Crippen LogP contribution in [0.5, 0.6) is 11.5 Å². The van der Waals surface area contributed by atoms with Crippen LogP contribution in [0.3, 0.4) is 0 Å². The molecule has 3 heterocycles. The van der Waals surface area contributed by atoms with Gasteiger partial charge in [0.15, 0.2) is 40.5 Å². The topological polar surface area (TPSA) is 70.3 Å². The molecule has 0 fully saturated rings. The summed E-state index contributed by atoms with van der Waals surface area (Å²) in [4.78, 5) is 14.8. The molecule has 262 valence electrons. The highest BCUT2D eigenvalue weighted by Crippen LogP contribution is 2.66. The van der Waals surface area contributed by atoms with Crippen LogP contribution in [0, 0.1) is 0 Å². The zero-order valence-electron chi connectivity index (χ0n) is 29.8. The van der Waals surface area contributed by atoms with Gasteiger partial charge in [-0.2, -0.15) is 0 Å². The molecule has 56 heavy (non-hydrogen) atoms. The van der Waals surface area contributed by atoms with Gasteiger partial charge in [0.25, 0.3) is 0 Å². The number of benzene rings is 7. The predicted molar refractivity (Wildman–Crippen MR) is 218 cm³/mol. The molecule has 6 nitrogen and oxygen atoms in total. The number of para-hydroxylation sites is 3. The molecule has 1 unspecified atom stereocenters. The Morgan fingerprint density at radius 3 is 1.64 bits per heavy atom. The summed E-state index contributed by atoms with van der Waals surface area (Å²) >= 11 is 0. The smallest absolute Gasteiger partial charge is 0.179 e. The van der Waals surface area contributed by atoms with E-state index in [1.165, 1.54) is 0 Å². The van der Waals surface area contributed by atoms with Crippen LogP contribution in [0.25, 0.3) is 73.1 Å². The maximum atomic E-state index is 6.97. The van der Waals surface area contributed by atoms with Crippen LogP contribution in [-0.4, -0.2) is 15.0 Å². The minimum Gasteiger partial charge on any atom is -0.458 e. The minimum atomic E-state index is -0.869. The number of allylic oxidation sites excluding steroid dienone is 1. The fourth-order valence-corrected chi connectivity index (χ4v) is 8.78. The second kappa shape index (κ2) is 11.7. The molecule has 2 aliphatic carbocycles. The summed E-state index contributed by atoms with van der Waals surface area (Å²) in [6.07, 6.45) is 0. The number of hydrogen-bond acceptors (Lipinski definition) is 6. The van der Waals surface area contributed by atoms with Crippen LogP contribution < -0.4 is 9.47 Å². The van der Waals surface area contributed by atoms with Crippen molar-refractivity contribution < 1.29 is 13.9 Å². The second-order valence-electron chi connectivity index (χ2n) is 14.3. The zero-order valence-corrected chi connectivity index (χ0v) is 29.8. The second-order valence-corrected chi connectivity index (χ2v) is 14.3. The van der Waals surface area contributed by atoms with Crippen molar-refractivity contribution in [2.24, 2.45) is 0 Å². The Balaban J connectivity index is 1.03. The maximum absolute atomic E-state index is 6.97. The number of rotatable bonds is 4. The molecule has 1 atom stereocenters. The van der Waals surface area contributed by atoms with Crippen molar-refractivity contribution in [3.63, 3.8) is 0 Å². The summed E-state index contributed by atoms with van der Waals surface area (Å²) in [6.45, 7) is 0. The lowest BCUT2D eigenvalue weighted by molar-refractivity contribution is 0.306. The molecule has 0 radical (unpaired) electrons. The largest absolute Gasteiger partial charge is 0.458 e. The Hall–Kier alpha value is -7.57. The summed E-state index contributed by atoms with van der Waals surface area (Å²) in [5.74, 6) is 5.49. The molecule has 0 amide bonds. The van der Waals surface area contributed by atoms with Gasteiger partial charge in [0.05, 0.1) is 5.56 Å². The van der Waals surface area contributed by atoms with E-state index in [2.05, 4.69) is 72.8 Å². The van der Waals surface area contributed by atoms with Crippen molar-refractivity contribution >= 4 is 16.7 Å². The fourth-order valence-electron chi connectivity index (χ4n) is 8.78. The van der Waals surface area contributed by atoms with Gasteiger partial charge in [-0.05, 0) is 51.6 Å². The van der Waals surface area contributed by atoms with Gasteiger partial charge in [-0.25, -0.2) is 15.0 Å². The van der Waals surface area contributed by atoms with Crippen molar-refractivity contribution in [1.29, 1.82) is 0 Å². The Morgan fingerprint density at radius 2 is 0.929 bits per heavy atom. The van der Waals surface area contributed by atoms with Gasteiger partial charge >= 0.3 is 0 Å². The van der Waals surface area contributed by atoms with Crippen molar-refractivity contribution in [3.05, 3.63) is 204 Å². The number of ether oxygens (including phenoxy) is 2. The highest BCUT2D eigenvalue weighted by atomic mass is 16.6. The molecule has 0 saturated heterocycles. The molecular weight excluding hydrogens is 691 g/mol. The minimum absolute atomic E-state index is 0.615. The predicted octanol–water partition coefficient (Wildman–Crippen LogP) is 11.8. The van der Waals surface area contributed by atoms with Gasteiger partial charge in [-0.1, -0.05) is 158 Å². The van der Waals surface area contributed by atoms with Crippen LogP contribution in [0.15, 0.2) is 186 Å². The lowest BCUT2D eigenvalue weighted by atomic mass is 9.76. The summed E-state index contributed by atoms with van der Waals surface area (Å²) in [7, 11) is 0. The van der Waals surface area contributed by atoms with Crippen LogP contribution in [0.1, 0.15) is 22.5 Å². The summed E-state index contributed by atoms with van der Waals surface area (Å²) in [6, 6.07) is 59.8. The van der Waals surface area contributed by atoms with E-state index in [1.807, 2.05) is 103 Å². The molecule has 0 saturated carbocycles. The summed E-state index contributed by atoms with van der Waals surface area (Å²) in [5, 5.41) is 0.997. The SMILES string of the molecule is c1ccc(-c2nc(-c3ccccc3)nc(-c3ccc(-c4cccc5c4-c4ccccc4C54C5=C(Oc6ccccc6O5)c5c4oc4ccccc54)cc3)n2)cc1. The van der Waals surface area contributed by atoms with E-state index >= 15 is 0 Å². The molecular formula is C50H29N3O3. The van der Waals surface area contributed by atoms with E-state index in [1.54, 1.807) is 0 Å². The molecule has 12 rings (SSSR count). The van der Waals surface area contributed by atoms with Gasteiger partial charge in [-0.3, -0.25) is 0 Å². The lowest BCUT2D eigenvalue weighted by Gasteiger charge is -2.31. The van der Waals surface area contributed by atoms with E-state index in [0.717, 1.165) is 78.1 Å². The van der Waals surface area contributed by atoms with Gasteiger partial charge < -0.3 is 13.9 Å². The van der Waals surface area contributed by atoms with Crippen LogP contribution in [0.4, 0.5) is 0 Å². The standard InChI is InChI=1S/C50H29N3O3/c1-3-14-31(15-4-1)47-51-48(32-16-5-2-6-17-32)53-49(52-47)33-28-26-30(27-29-33)34-20-13-22-38-42(34)35-18-7-9-21-37(35)50(38)45-43(36-19-8-10-23-39(36)55-45)44-46(50)56-41-25-12-11-24-40(41)54-44/h1-29H.